The average Bonchev–Trinajstić information content (AvgIpc) is 2.69. The molecular weight excluding hydrogens is 346 g/mol. The van der Waals surface area contributed by atoms with Crippen LogP contribution >= 0.6 is 0 Å². The van der Waals surface area contributed by atoms with Crippen LogP contribution in [0.25, 0.3) is 0 Å². The number of amides is 2. The maximum Gasteiger partial charge on any atom is 0.260 e. The summed E-state index contributed by atoms with van der Waals surface area (Å²) in [7, 11) is 1.63. The fraction of sp³-hybridized carbons (Fsp3) is 0.350. The average molecular weight is 369 g/mol. The highest BCUT2D eigenvalue weighted by atomic mass is 16.5. The third-order valence-corrected chi connectivity index (χ3v) is 4.50. The Bertz CT molecular complexity index is 857. The molecular formula is C20H23N3O4. The molecule has 2 heterocycles. The molecule has 0 aliphatic carbocycles. The first kappa shape index (κ1) is 18.8. The molecule has 142 valence electrons. The highest BCUT2D eigenvalue weighted by Gasteiger charge is 2.21. The van der Waals surface area contributed by atoms with Gasteiger partial charge in [-0.1, -0.05) is 30.3 Å². The van der Waals surface area contributed by atoms with Gasteiger partial charge in [0, 0.05) is 26.4 Å². The summed E-state index contributed by atoms with van der Waals surface area (Å²) in [5.74, 6) is -0.766. The zero-order chi connectivity index (χ0) is 19.2. The summed E-state index contributed by atoms with van der Waals surface area (Å²) in [5, 5.41) is 2.88. The molecule has 3 rings (SSSR count). The molecule has 1 saturated heterocycles. The molecule has 0 radical (unpaired) electrons. The van der Waals surface area contributed by atoms with Crippen molar-refractivity contribution in [2.24, 2.45) is 0 Å². The molecule has 1 aliphatic rings. The van der Waals surface area contributed by atoms with Gasteiger partial charge in [0.1, 0.15) is 5.56 Å². The predicted octanol–water partition coefficient (Wildman–Crippen LogP) is 1.56. The van der Waals surface area contributed by atoms with Crippen LogP contribution in [0, 0.1) is 0 Å². The summed E-state index contributed by atoms with van der Waals surface area (Å²) in [6, 6.07) is 10.8. The Morgan fingerprint density at radius 1 is 1.30 bits per heavy atom. The maximum absolute atomic E-state index is 12.7. The monoisotopic (exact) mass is 369 g/mol. The van der Waals surface area contributed by atoms with Crippen molar-refractivity contribution in [3.05, 3.63) is 69.6 Å². The molecule has 1 atom stereocenters. The summed E-state index contributed by atoms with van der Waals surface area (Å²) in [4.78, 5) is 41.2. The lowest BCUT2D eigenvalue weighted by Crippen LogP contribution is -2.41. The van der Waals surface area contributed by atoms with Crippen molar-refractivity contribution in [3.63, 3.8) is 0 Å². The lowest BCUT2D eigenvalue weighted by molar-refractivity contribution is 0.0624. The van der Waals surface area contributed by atoms with E-state index in [1.54, 1.807) is 7.05 Å². The second-order valence-electron chi connectivity index (χ2n) is 6.67. The van der Waals surface area contributed by atoms with Crippen molar-refractivity contribution in [2.45, 2.75) is 25.4 Å². The number of hydrogen-bond donors (Lipinski definition) is 2. The number of aromatic nitrogens is 1. The van der Waals surface area contributed by atoms with Crippen molar-refractivity contribution in [3.8, 4) is 0 Å². The SMILES string of the molecule is CN(Cc1ccccc1)C(=O)c1cc(C(=O)NC2CCCOC2)c[nH]c1=O. The fourth-order valence-electron chi connectivity index (χ4n) is 3.03. The van der Waals surface area contributed by atoms with Crippen LogP contribution in [-0.2, 0) is 11.3 Å². The Morgan fingerprint density at radius 2 is 2.07 bits per heavy atom. The number of carbonyl (C=O) groups is 2. The van der Waals surface area contributed by atoms with E-state index in [0.717, 1.165) is 18.4 Å². The number of aromatic amines is 1. The molecule has 2 amide bonds. The van der Waals surface area contributed by atoms with Crippen molar-refractivity contribution in [2.75, 3.05) is 20.3 Å². The number of nitrogens with one attached hydrogen (secondary N) is 2. The van der Waals surface area contributed by atoms with E-state index in [-0.39, 0.29) is 23.1 Å². The van der Waals surface area contributed by atoms with Crippen LogP contribution in [0.2, 0.25) is 0 Å². The van der Waals surface area contributed by atoms with Crippen LogP contribution in [0.1, 0.15) is 39.1 Å². The summed E-state index contributed by atoms with van der Waals surface area (Å²) >= 11 is 0. The Balaban J connectivity index is 1.73. The lowest BCUT2D eigenvalue weighted by Gasteiger charge is -2.23. The number of carbonyl (C=O) groups excluding carboxylic acids is 2. The maximum atomic E-state index is 12.7. The predicted molar refractivity (Wildman–Crippen MR) is 101 cm³/mol. The minimum atomic E-state index is -0.516. The van der Waals surface area contributed by atoms with E-state index in [1.807, 2.05) is 30.3 Å². The van der Waals surface area contributed by atoms with Crippen LogP contribution in [0.3, 0.4) is 0 Å². The van der Waals surface area contributed by atoms with Crippen molar-refractivity contribution >= 4 is 11.8 Å². The molecule has 2 aromatic rings. The van der Waals surface area contributed by atoms with Crippen LogP contribution in [0.5, 0.6) is 0 Å². The number of hydrogen-bond acceptors (Lipinski definition) is 4. The van der Waals surface area contributed by atoms with Crippen LogP contribution in [0.4, 0.5) is 0 Å². The van der Waals surface area contributed by atoms with Gasteiger partial charge in [-0.2, -0.15) is 0 Å². The van der Waals surface area contributed by atoms with E-state index in [0.29, 0.717) is 19.8 Å². The number of nitrogens with zero attached hydrogens (tertiary/aromatic N) is 1. The Morgan fingerprint density at radius 3 is 2.78 bits per heavy atom. The number of rotatable bonds is 5. The normalized spacial score (nSPS) is 16.6. The summed E-state index contributed by atoms with van der Waals surface area (Å²) in [6.07, 6.45) is 3.07. The standard InChI is InChI=1S/C20H23N3O4/c1-23(12-14-6-3-2-4-7-14)20(26)17-10-15(11-21-19(17)25)18(24)22-16-8-5-9-27-13-16/h2-4,6-7,10-11,16H,5,8-9,12-13H2,1H3,(H,21,25)(H,22,24). The van der Waals surface area contributed by atoms with Gasteiger partial charge in [0.25, 0.3) is 17.4 Å². The van der Waals surface area contributed by atoms with Crippen LogP contribution in [0.15, 0.2) is 47.4 Å². The van der Waals surface area contributed by atoms with E-state index < -0.39 is 11.5 Å². The quantitative estimate of drug-likeness (QED) is 0.837. The van der Waals surface area contributed by atoms with Gasteiger partial charge in [-0.3, -0.25) is 14.4 Å². The van der Waals surface area contributed by atoms with E-state index >= 15 is 0 Å². The molecule has 7 heteroatoms. The highest BCUT2D eigenvalue weighted by molar-refractivity contribution is 5.99. The topological polar surface area (TPSA) is 91.5 Å². The van der Waals surface area contributed by atoms with E-state index in [4.69, 9.17) is 4.74 Å². The molecule has 27 heavy (non-hydrogen) atoms. The molecule has 0 spiro atoms. The summed E-state index contributed by atoms with van der Waals surface area (Å²) in [5.41, 5.74) is 0.631. The first-order valence-corrected chi connectivity index (χ1v) is 8.95. The minimum absolute atomic E-state index is 0.0547. The van der Waals surface area contributed by atoms with Gasteiger partial charge in [-0.15, -0.1) is 0 Å². The first-order chi connectivity index (χ1) is 13.0. The summed E-state index contributed by atoms with van der Waals surface area (Å²) in [6.45, 7) is 1.55. The third kappa shape index (κ3) is 4.83. The van der Waals surface area contributed by atoms with E-state index in [2.05, 4.69) is 10.3 Å². The molecule has 1 unspecified atom stereocenters. The third-order valence-electron chi connectivity index (χ3n) is 4.50. The Hall–Kier alpha value is -2.93. The number of ether oxygens (including phenoxy) is 1. The van der Waals surface area contributed by atoms with Gasteiger partial charge in [0.05, 0.1) is 18.2 Å². The van der Waals surface area contributed by atoms with Gasteiger partial charge in [0.2, 0.25) is 0 Å². The van der Waals surface area contributed by atoms with Gasteiger partial charge in [0.15, 0.2) is 0 Å². The number of H-pyrrole nitrogens is 1. The van der Waals surface area contributed by atoms with Crippen LogP contribution < -0.4 is 10.9 Å². The van der Waals surface area contributed by atoms with Gasteiger partial charge >= 0.3 is 0 Å². The lowest BCUT2D eigenvalue weighted by atomic mass is 10.1. The molecule has 0 bridgehead atoms. The molecule has 0 saturated carbocycles. The highest BCUT2D eigenvalue weighted by Crippen LogP contribution is 2.09. The number of pyridine rings is 1. The summed E-state index contributed by atoms with van der Waals surface area (Å²) < 4.78 is 5.35. The van der Waals surface area contributed by atoms with Crippen molar-refractivity contribution < 1.29 is 14.3 Å². The fourth-order valence-corrected chi connectivity index (χ4v) is 3.03. The zero-order valence-corrected chi connectivity index (χ0v) is 15.2. The molecule has 1 aliphatic heterocycles. The minimum Gasteiger partial charge on any atom is -0.379 e. The Labute approximate surface area is 157 Å². The molecule has 2 N–H and O–H groups in total. The molecule has 1 aromatic carbocycles. The second-order valence-corrected chi connectivity index (χ2v) is 6.67. The van der Waals surface area contributed by atoms with Gasteiger partial charge in [-0.25, -0.2) is 0 Å². The van der Waals surface area contributed by atoms with Crippen LogP contribution in [-0.4, -0.2) is 48.0 Å². The van der Waals surface area contributed by atoms with Gasteiger partial charge < -0.3 is 19.9 Å². The second kappa shape index (κ2) is 8.64. The van der Waals surface area contributed by atoms with Gasteiger partial charge in [-0.05, 0) is 24.5 Å². The largest absolute Gasteiger partial charge is 0.379 e. The molecule has 1 fully saturated rings. The Kier molecular flexibility index (Phi) is 6.03. The smallest absolute Gasteiger partial charge is 0.260 e. The van der Waals surface area contributed by atoms with E-state index in [9.17, 15) is 14.4 Å². The molecule has 1 aromatic heterocycles. The van der Waals surface area contributed by atoms with Crippen molar-refractivity contribution in [1.29, 1.82) is 0 Å². The first-order valence-electron chi connectivity index (χ1n) is 8.95. The zero-order valence-electron chi connectivity index (χ0n) is 15.2. The molecule has 7 nitrogen and oxygen atoms in total. The van der Waals surface area contributed by atoms with E-state index in [1.165, 1.54) is 17.2 Å². The number of benzene rings is 1. The van der Waals surface area contributed by atoms with Crippen molar-refractivity contribution in [1.82, 2.24) is 15.2 Å².